The van der Waals surface area contributed by atoms with Crippen LogP contribution in [-0.2, 0) is 6.42 Å². The van der Waals surface area contributed by atoms with Crippen molar-refractivity contribution in [2.45, 2.75) is 6.42 Å². The summed E-state index contributed by atoms with van der Waals surface area (Å²) in [6.45, 7) is 0.781. The number of anilines is 1. The van der Waals surface area contributed by atoms with E-state index in [0.717, 1.165) is 28.4 Å². The maximum Gasteiger partial charge on any atom is 0.295 e. The van der Waals surface area contributed by atoms with E-state index in [4.69, 9.17) is 16.0 Å². The Hall–Kier alpha value is -1.52. The van der Waals surface area contributed by atoms with Crippen LogP contribution >= 0.6 is 22.9 Å². The Bertz CT molecular complexity index is 629. The lowest BCUT2D eigenvalue weighted by molar-refractivity contribution is 0.614. The molecule has 1 aromatic carbocycles. The number of halogens is 1. The van der Waals surface area contributed by atoms with E-state index in [2.05, 4.69) is 10.3 Å². The third-order valence-electron chi connectivity index (χ3n) is 2.57. The summed E-state index contributed by atoms with van der Waals surface area (Å²) in [6.07, 6.45) is 0.913. The van der Waals surface area contributed by atoms with E-state index in [1.807, 2.05) is 36.4 Å². The fraction of sp³-hybridized carbons (Fsp3) is 0.154. The van der Waals surface area contributed by atoms with E-state index in [0.29, 0.717) is 6.01 Å². The van der Waals surface area contributed by atoms with Crippen molar-refractivity contribution in [3.8, 4) is 0 Å². The molecule has 3 aromatic rings. The number of hydrogen-bond donors (Lipinski definition) is 1. The molecule has 0 fully saturated rings. The zero-order valence-corrected chi connectivity index (χ0v) is 11.1. The second-order valence-electron chi connectivity index (χ2n) is 3.87. The number of nitrogens with one attached hydrogen (secondary N) is 1. The molecule has 92 valence electrons. The summed E-state index contributed by atoms with van der Waals surface area (Å²) in [5.41, 5.74) is 1.68. The van der Waals surface area contributed by atoms with Gasteiger partial charge in [0.25, 0.3) is 6.01 Å². The quantitative estimate of drug-likeness (QED) is 0.777. The molecule has 1 N–H and O–H groups in total. The number of rotatable bonds is 4. The summed E-state index contributed by atoms with van der Waals surface area (Å²) in [7, 11) is 0. The SMILES string of the molecule is Clc1ccc(CCNc2nc3ccccc3o2)s1. The lowest BCUT2D eigenvalue weighted by Gasteiger charge is -1.98. The summed E-state index contributed by atoms with van der Waals surface area (Å²) in [5.74, 6) is 0. The van der Waals surface area contributed by atoms with Gasteiger partial charge in [-0.2, -0.15) is 4.98 Å². The van der Waals surface area contributed by atoms with Gasteiger partial charge in [0.1, 0.15) is 5.52 Å². The highest BCUT2D eigenvalue weighted by Crippen LogP contribution is 2.22. The number of oxazole rings is 1. The smallest absolute Gasteiger partial charge is 0.295 e. The third kappa shape index (κ3) is 2.49. The molecule has 3 nitrogen and oxygen atoms in total. The molecule has 0 radical (unpaired) electrons. The van der Waals surface area contributed by atoms with Gasteiger partial charge in [-0.3, -0.25) is 0 Å². The lowest BCUT2D eigenvalue weighted by atomic mass is 10.3. The summed E-state index contributed by atoms with van der Waals surface area (Å²) >= 11 is 7.48. The Morgan fingerprint density at radius 3 is 2.89 bits per heavy atom. The molecule has 0 atom stereocenters. The summed E-state index contributed by atoms with van der Waals surface area (Å²) in [5, 5.41) is 3.18. The molecule has 0 aliphatic rings. The highest BCUT2D eigenvalue weighted by molar-refractivity contribution is 7.16. The molecule has 5 heteroatoms. The Morgan fingerprint density at radius 1 is 1.22 bits per heavy atom. The number of thiophene rings is 1. The highest BCUT2D eigenvalue weighted by atomic mass is 35.5. The standard InChI is InChI=1S/C13H11ClN2OS/c14-12-6-5-9(18-12)7-8-15-13-16-10-3-1-2-4-11(10)17-13/h1-6H,7-8H2,(H,15,16). The van der Waals surface area contributed by atoms with Gasteiger partial charge in [-0.05, 0) is 30.7 Å². The van der Waals surface area contributed by atoms with Crippen LogP contribution in [0.5, 0.6) is 0 Å². The average Bonchev–Trinajstić information content (AvgIpc) is 2.95. The van der Waals surface area contributed by atoms with Crippen LogP contribution in [0.1, 0.15) is 4.88 Å². The Labute approximate surface area is 113 Å². The molecular weight excluding hydrogens is 268 g/mol. The molecule has 2 aromatic heterocycles. The Kier molecular flexibility index (Phi) is 3.21. The maximum absolute atomic E-state index is 5.88. The summed E-state index contributed by atoms with van der Waals surface area (Å²) < 4.78 is 6.39. The van der Waals surface area contributed by atoms with Crippen molar-refractivity contribution in [2.75, 3.05) is 11.9 Å². The first kappa shape index (κ1) is 11.6. The topological polar surface area (TPSA) is 38.1 Å². The molecular formula is C13H11ClN2OS. The van der Waals surface area contributed by atoms with E-state index < -0.39 is 0 Å². The fourth-order valence-electron chi connectivity index (χ4n) is 1.73. The van der Waals surface area contributed by atoms with Crippen molar-refractivity contribution in [3.63, 3.8) is 0 Å². The zero-order valence-electron chi connectivity index (χ0n) is 9.52. The summed E-state index contributed by atoms with van der Waals surface area (Å²) in [6, 6.07) is 12.3. The first-order valence-electron chi connectivity index (χ1n) is 5.65. The molecule has 0 saturated heterocycles. The normalized spacial score (nSPS) is 10.9. The van der Waals surface area contributed by atoms with Crippen LogP contribution in [0.15, 0.2) is 40.8 Å². The second-order valence-corrected chi connectivity index (χ2v) is 5.67. The molecule has 0 aliphatic heterocycles. The van der Waals surface area contributed by atoms with Crippen LogP contribution in [0, 0.1) is 0 Å². The van der Waals surface area contributed by atoms with Crippen LogP contribution < -0.4 is 5.32 Å². The minimum Gasteiger partial charge on any atom is -0.424 e. The van der Waals surface area contributed by atoms with E-state index in [9.17, 15) is 0 Å². The monoisotopic (exact) mass is 278 g/mol. The molecule has 0 saturated carbocycles. The van der Waals surface area contributed by atoms with Crippen LogP contribution in [0.4, 0.5) is 6.01 Å². The van der Waals surface area contributed by atoms with Crippen molar-refractivity contribution < 1.29 is 4.42 Å². The second kappa shape index (κ2) is 5.00. The zero-order chi connectivity index (χ0) is 12.4. The van der Waals surface area contributed by atoms with E-state index >= 15 is 0 Å². The van der Waals surface area contributed by atoms with Gasteiger partial charge in [-0.25, -0.2) is 0 Å². The minimum atomic E-state index is 0.568. The molecule has 2 heterocycles. The maximum atomic E-state index is 5.88. The lowest BCUT2D eigenvalue weighted by Crippen LogP contribution is -2.03. The fourth-order valence-corrected chi connectivity index (χ4v) is 2.81. The molecule has 0 bridgehead atoms. The minimum absolute atomic E-state index is 0.568. The molecule has 3 rings (SSSR count). The van der Waals surface area contributed by atoms with Gasteiger partial charge in [0, 0.05) is 11.4 Å². The van der Waals surface area contributed by atoms with E-state index in [-0.39, 0.29) is 0 Å². The molecule has 18 heavy (non-hydrogen) atoms. The number of nitrogens with zero attached hydrogens (tertiary/aromatic N) is 1. The Morgan fingerprint density at radius 2 is 2.11 bits per heavy atom. The van der Waals surface area contributed by atoms with Crippen molar-refractivity contribution in [1.29, 1.82) is 0 Å². The van der Waals surface area contributed by atoms with Crippen LogP contribution in [0.25, 0.3) is 11.1 Å². The molecule has 0 amide bonds. The predicted molar refractivity (Wildman–Crippen MR) is 75.5 cm³/mol. The largest absolute Gasteiger partial charge is 0.424 e. The van der Waals surface area contributed by atoms with E-state index in [1.165, 1.54) is 4.88 Å². The number of benzene rings is 1. The molecule has 0 aliphatic carbocycles. The average molecular weight is 279 g/mol. The Balaban J connectivity index is 1.62. The van der Waals surface area contributed by atoms with Gasteiger partial charge >= 0.3 is 0 Å². The van der Waals surface area contributed by atoms with Gasteiger partial charge < -0.3 is 9.73 Å². The van der Waals surface area contributed by atoms with Crippen LogP contribution in [0.3, 0.4) is 0 Å². The van der Waals surface area contributed by atoms with Crippen molar-refractivity contribution in [1.82, 2.24) is 4.98 Å². The van der Waals surface area contributed by atoms with Gasteiger partial charge in [0.15, 0.2) is 5.58 Å². The van der Waals surface area contributed by atoms with Crippen LogP contribution in [0.2, 0.25) is 4.34 Å². The van der Waals surface area contributed by atoms with Gasteiger partial charge in [-0.1, -0.05) is 23.7 Å². The van der Waals surface area contributed by atoms with Crippen molar-refractivity contribution in [2.24, 2.45) is 0 Å². The van der Waals surface area contributed by atoms with Gasteiger partial charge in [0.05, 0.1) is 4.34 Å². The number of aromatic nitrogens is 1. The summed E-state index contributed by atoms with van der Waals surface area (Å²) in [4.78, 5) is 5.60. The number of para-hydroxylation sites is 2. The van der Waals surface area contributed by atoms with E-state index in [1.54, 1.807) is 11.3 Å². The first-order chi connectivity index (χ1) is 8.81. The molecule has 0 spiro atoms. The third-order valence-corrected chi connectivity index (χ3v) is 3.86. The van der Waals surface area contributed by atoms with Gasteiger partial charge in [0.2, 0.25) is 0 Å². The first-order valence-corrected chi connectivity index (χ1v) is 6.84. The predicted octanol–water partition coefficient (Wildman–Crippen LogP) is 4.20. The van der Waals surface area contributed by atoms with Crippen LogP contribution in [-0.4, -0.2) is 11.5 Å². The van der Waals surface area contributed by atoms with Crippen molar-refractivity contribution >= 4 is 40.1 Å². The molecule has 0 unspecified atom stereocenters. The number of fused-ring (bicyclic) bond motifs is 1. The van der Waals surface area contributed by atoms with Gasteiger partial charge in [-0.15, -0.1) is 11.3 Å². The number of hydrogen-bond acceptors (Lipinski definition) is 4. The highest BCUT2D eigenvalue weighted by Gasteiger charge is 2.04. The van der Waals surface area contributed by atoms with Crippen molar-refractivity contribution in [3.05, 3.63) is 45.6 Å².